The first-order chi connectivity index (χ1) is 12.5. The Morgan fingerprint density at radius 3 is 2.81 bits per heavy atom. The van der Waals surface area contributed by atoms with E-state index in [9.17, 15) is 9.59 Å². The summed E-state index contributed by atoms with van der Waals surface area (Å²) in [6.07, 6.45) is 0.249. The molecule has 2 N–H and O–H groups in total. The molecular formula is C19H20ClN3O3. The van der Waals surface area contributed by atoms with Crippen LogP contribution in [0.1, 0.15) is 12.0 Å². The van der Waals surface area contributed by atoms with Crippen molar-refractivity contribution in [2.24, 2.45) is 0 Å². The minimum absolute atomic E-state index is 0.0394. The van der Waals surface area contributed by atoms with Crippen LogP contribution in [0.5, 0.6) is 5.75 Å². The molecule has 1 heterocycles. The molecule has 6 nitrogen and oxygen atoms in total. The van der Waals surface area contributed by atoms with Gasteiger partial charge >= 0.3 is 6.03 Å². The number of anilines is 2. The van der Waals surface area contributed by atoms with E-state index in [2.05, 4.69) is 10.6 Å². The van der Waals surface area contributed by atoms with E-state index in [0.29, 0.717) is 23.0 Å². The number of methoxy groups -OCH3 is 1. The van der Waals surface area contributed by atoms with Gasteiger partial charge in [0.2, 0.25) is 5.91 Å². The van der Waals surface area contributed by atoms with Crippen LogP contribution in [0, 0.1) is 6.92 Å². The first-order valence-electron chi connectivity index (χ1n) is 8.25. The van der Waals surface area contributed by atoms with Gasteiger partial charge in [0.05, 0.1) is 13.2 Å². The lowest BCUT2D eigenvalue weighted by Crippen LogP contribution is -2.39. The van der Waals surface area contributed by atoms with Gasteiger partial charge in [-0.2, -0.15) is 0 Å². The molecule has 1 unspecified atom stereocenters. The molecule has 3 rings (SSSR count). The number of carbonyl (C=O) groups excluding carboxylic acids is 2. The van der Waals surface area contributed by atoms with Crippen molar-refractivity contribution in [1.82, 2.24) is 5.32 Å². The summed E-state index contributed by atoms with van der Waals surface area (Å²) in [6.45, 7) is 2.25. The van der Waals surface area contributed by atoms with Gasteiger partial charge in [-0.1, -0.05) is 23.7 Å². The fourth-order valence-corrected chi connectivity index (χ4v) is 3.09. The van der Waals surface area contributed by atoms with Crippen molar-refractivity contribution in [3.8, 4) is 5.75 Å². The zero-order valence-electron chi connectivity index (χ0n) is 14.6. The van der Waals surface area contributed by atoms with Gasteiger partial charge in [-0.25, -0.2) is 4.79 Å². The summed E-state index contributed by atoms with van der Waals surface area (Å²) in [6, 6.07) is 12.0. The molecule has 3 amide bonds. The molecule has 136 valence electrons. The summed E-state index contributed by atoms with van der Waals surface area (Å²) < 4.78 is 5.20. The number of nitrogens with zero attached hydrogens (tertiary/aromatic N) is 1. The maximum Gasteiger partial charge on any atom is 0.319 e. The highest BCUT2D eigenvalue weighted by molar-refractivity contribution is 6.31. The van der Waals surface area contributed by atoms with Crippen LogP contribution in [0.15, 0.2) is 42.5 Å². The number of urea groups is 1. The first-order valence-corrected chi connectivity index (χ1v) is 8.63. The van der Waals surface area contributed by atoms with Crippen molar-refractivity contribution in [3.63, 3.8) is 0 Å². The van der Waals surface area contributed by atoms with E-state index in [1.165, 1.54) is 0 Å². The standard InChI is InChI=1S/C19H20ClN3O3/c1-12-16(20)7-4-8-17(12)22-19(25)21-13-9-18(24)23(11-13)14-5-3-6-15(10-14)26-2/h3-8,10,13H,9,11H2,1-2H3,(H2,21,22,25). The number of nitrogens with one attached hydrogen (secondary N) is 2. The maximum atomic E-state index is 12.3. The molecule has 1 atom stereocenters. The lowest BCUT2D eigenvalue weighted by atomic mass is 10.2. The van der Waals surface area contributed by atoms with Gasteiger partial charge in [-0.3, -0.25) is 4.79 Å². The zero-order valence-corrected chi connectivity index (χ0v) is 15.3. The molecular weight excluding hydrogens is 354 g/mol. The van der Waals surface area contributed by atoms with Crippen LogP contribution in [0.3, 0.4) is 0 Å². The second-order valence-corrected chi connectivity index (χ2v) is 6.52. The molecule has 1 aliphatic heterocycles. The van der Waals surface area contributed by atoms with E-state index in [1.54, 1.807) is 36.3 Å². The van der Waals surface area contributed by atoms with Gasteiger partial charge < -0.3 is 20.3 Å². The number of halogens is 1. The van der Waals surface area contributed by atoms with E-state index in [4.69, 9.17) is 16.3 Å². The summed E-state index contributed by atoms with van der Waals surface area (Å²) in [5.74, 6) is 0.642. The fraction of sp³-hybridized carbons (Fsp3) is 0.263. The number of hydrogen-bond donors (Lipinski definition) is 2. The SMILES string of the molecule is COc1cccc(N2CC(NC(=O)Nc3cccc(Cl)c3C)CC2=O)c1. The van der Waals surface area contributed by atoms with Crippen molar-refractivity contribution < 1.29 is 14.3 Å². The van der Waals surface area contributed by atoms with Gasteiger partial charge in [0, 0.05) is 35.4 Å². The Morgan fingerprint density at radius 2 is 2.04 bits per heavy atom. The highest BCUT2D eigenvalue weighted by Gasteiger charge is 2.31. The molecule has 7 heteroatoms. The topological polar surface area (TPSA) is 70.7 Å². The molecule has 1 aliphatic rings. The maximum absolute atomic E-state index is 12.3. The number of amides is 3. The van der Waals surface area contributed by atoms with Gasteiger partial charge in [-0.15, -0.1) is 0 Å². The predicted octanol–water partition coefficient (Wildman–Crippen LogP) is 3.58. The van der Waals surface area contributed by atoms with Gasteiger partial charge in [0.15, 0.2) is 0 Å². The van der Waals surface area contributed by atoms with Gasteiger partial charge in [0.25, 0.3) is 0 Å². The number of ether oxygens (including phenoxy) is 1. The molecule has 0 spiro atoms. The number of hydrogen-bond acceptors (Lipinski definition) is 3. The minimum atomic E-state index is -0.361. The van der Waals surface area contributed by atoms with Crippen molar-refractivity contribution in [3.05, 3.63) is 53.1 Å². The quantitative estimate of drug-likeness (QED) is 0.860. The van der Waals surface area contributed by atoms with Crippen LogP contribution in [0.2, 0.25) is 5.02 Å². The van der Waals surface area contributed by atoms with Crippen LogP contribution < -0.4 is 20.3 Å². The molecule has 1 saturated heterocycles. The average molecular weight is 374 g/mol. The van der Waals surface area contributed by atoms with Crippen molar-refractivity contribution in [2.75, 3.05) is 23.9 Å². The Morgan fingerprint density at radius 1 is 1.27 bits per heavy atom. The molecule has 26 heavy (non-hydrogen) atoms. The second-order valence-electron chi connectivity index (χ2n) is 6.12. The smallest absolute Gasteiger partial charge is 0.319 e. The molecule has 0 aromatic heterocycles. The number of rotatable bonds is 4. The summed E-state index contributed by atoms with van der Waals surface area (Å²) in [5, 5.41) is 6.21. The Labute approximate surface area is 157 Å². The average Bonchev–Trinajstić information content (AvgIpc) is 2.99. The lowest BCUT2D eigenvalue weighted by molar-refractivity contribution is -0.117. The second kappa shape index (κ2) is 7.66. The molecule has 0 bridgehead atoms. The first kappa shape index (κ1) is 18.1. The van der Waals surface area contributed by atoms with Crippen LogP contribution in [0.4, 0.5) is 16.2 Å². The summed E-state index contributed by atoms with van der Waals surface area (Å²) in [7, 11) is 1.58. The van der Waals surface area contributed by atoms with Crippen LogP contribution in [0.25, 0.3) is 0 Å². The van der Waals surface area contributed by atoms with Crippen LogP contribution in [-0.4, -0.2) is 31.6 Å². The summed E-state index contributed by atoms with van der Waals surface area (Å²) >= 11 is 6.07. The van der Waals surface area contributed by atoms with Crippen LogP contribution in [-0.2, 0) is 4.79 Å². The van der Waals surface area contributed by atoms with E-state index < -0.39 is 0 Å². The molecule has 0 saturated carbocycles. The highest BCUT2D eigenvalue weighted by Crippen LogP contribution is 2.26. The predicted molar refractivity (Wildman–Crippen MR) is 102 cm³/mol. The fourth-order valence-electron chi connectivity index (χ4n) is 2.92. The Hall–Kier alpha value is -2.73. The summed E-state index contributed by atoms with van der Waals surface area (Å²) in [4.78, 5) is 26.2. The molecule has 0 aliphatic carbocycles. The van der Waals surface area contributed by atoms with Gasteiger partial charge in [-0.05, 0) is 36.8 Å². The van der Waals surface area contributed by atoms with Crippen molar-refractivity contribution >= 4 is 34.9 Å². The third-order valence-electron chi connectivity index (χ3n) is 4.34. The third-order valence-corrected chi connectivity index (χ3v) is 4.75. The third kappa shape index (κ3) is 3.91. The van der Waals surface area contributed by atoms with E-state index in [0.717, 1.165) is 11.3 Å². The zero-order chi connectivity index (χ0) is 18.7. The van der Waals surface area contributed by atoms with Crippen molar-refractivity contribution in [2.45, 2.75) is 19.4 Å². The largest absolute Gasteiger partial charge is 0.497 e. The molecule has 0 radical (unpaired) electrons. The molecule has 1 fully saturated rings. The van der Waals surface area contributed by atoms with E-state index >= 15 is 0 Å². The van der Waals surface area contributed by atoms with Crippen LogP contribution >= 0.6 is 11.6 Å². The van der Waals surface area contributed by atoms with Gasteiger partial charge in [0.1, 0.15) is 5.75 Å². The highest BCUT2D eigenvalue weighted by atomic mass is 35.5. The van der Waals surface area contributed by atoms with E-state index in [1.807, 2.05) is 25.1 Å². The molecule has 2 aromatic rings. The normalized spacial score (nSPS) is 16.5. The van der Waals surface area contributed by atoms with Crippen molar-refractivity contribution in [1.29, 1.82) is 0 Å². The minimum Gasteiger partial charge on any atom is -0.497 e. The number of benzene rings is 2. The number of carbonyl (C=O) groups is 2. The Bertz CT molecular complexity index is 841. The molecule has 2 aromatic carbocycles. The van der Waals surface area contributed by atoms with E-state index in [-0.39, 0.29) is 24.4 Å². The Balaban J connectivity index is 1.63. The lowest BCUT2D eigenvalue weighted by Gasteiger charge is -2.18. The monoisotopic (exact) mass is 373 g/mol. The summed E-state index contributed by atoms with van der Waals surface area (Å²) in [5.41, 5.74) is 2.19. The Kier molecular flexibility index (Phi) is 5.32.